The lowest BCUT2D eigenvalue weighted by Gasteiger charge is -2.17. The highest BCUT2D eigenvalue weighted by molar-refractivity contribution is 6.48. The van der Waals surface area contributed by atoms with Gasteiger partial charge in [-0.05, 0) is 38.4 Å². The Morgan fingerprint density at radius 2 is 1.23 bits per heavy atom. The van der Waals surface area contributed by atoms with Crippen LogP contribution in [0.2, 0.25) is 0 Å². The molecule has 0 spiro atoms. The maximum atomic E-state index is 13.4. The van der Waals surface area contributed by atoms with Gasteiger partial charge in [-0.25, -0.2) is 0 Å². The molecular formula is C24H22N4O2. The number of carbonyl (C=O) groups is 2. The highest BCUT2D eigenvalue weighted by Gasteiger charge is 2.40. The first kappa shape index (κ1) is 18.4. The van der Waals surface area contributed by atoms with E-state index in [-0.39, 0.29) is 11.8 Å². The van der Waals surface area contributed by atoms with E-state index in [1.807, 2.05) is 79.7 Å². The molecule has 0 aliphatic carbocycles. The molecule has 0 atom stereocenters. The van der Waals surface area contributed by atoms with Crippen molar-refractivity contribution in [1.82, 2.24) is 19.8 Å². The number of imide groups is 1. The molecule has 4 aromatic rings. The van der Waals surface area contributed by atoms with Crippen LogP contribution in [0.1, 0.15) is 11.4 Å². The second-order valence-electron chi connectivity index (χ2n) is 7.86. The molecule has 2 aromatic heterocycles. The van der Waals surface area contributed by atoms with Gasteiger partial charge in [-0.3, -0.25) is 14.5 Å². The Hall–Kier alpha value is -3.64. The van der Waals surface area contributed by atoms with E-state index in [0.717, 1.165) is 21.8 Å². The number of H-pyrrole nitrogens is 2. The molecule has 0 unspecified atom stereocenters. The number of aromatic amines is 2. The van der Waals surface area contributed by atoms with Crippen molar-refractivity contribution in [3.05, 3.63) is 72.1 Å². The van der Waals surface area contributed by atoms with Crippen LogP contribution in [0.25, 0.3) is 33.0 Å². The number of aromatic nitrogens is 2. The standard InChI is InChI=1S/C24H22N4O2/c1-27(2)11-12-28-23(29)21(19-13-15-7-3-5-9-17(15)25-19)22(24(28)30)20-14-16-8-4-6-10-18(16)26-20/h3-10,13-14,25-26H,11-12H2,1-2H3. The highest BCUT2D eigenvalue weighted by atomic mass is 16.2. The van der Waals surface area contributed by atoms with Crippen molar-refractivity contribution in [1.29, 1.82) is 0 Å². The van der Waals surface area contributed by atoms with Crippen LogP contribution in [-0.4, -0.2) is 58.8 Å². The molecule has 6 nitrogen and oxygen atoms in total. The Bertz CT molecular complexity index is 1160. The summed E-state index contributed by atoms with van der Waals surface area (Å²) in [6.45, 7) is 0.954. The number of hydrogen-bond donors (Lipinski definition) is 2. The second kappa shape index (κ2) is 7.00. The predicted molar refractivity (Wildman–Crippen MR) is 119 cm³/mol. The van der Waals surface area contributed by atoms with E-state index in [1.54, 1.807) is 0 Å². The molecule has 0 saturated carbocycles. The molecule has 0 saturated heterocycles. The number of para-hydroxylation sites is 2. The van der Waals surface area contributed by atoms with E-state index >= 15 is 0 Å². The Kier molecular flexibility index (Phi) is 4.29. The van der Waals surface area contributed by atoms with E-state index in [0.29, 0.717) is 35.6 Å². The van der Waals surface area contributed by atoms with Crippen molar-refractivity contribution in [3.63, 3.8) is 0 Å². The van der Waals surface area contributed by atoms with Gasteiger partial charge in [0.25, 0.3) is 11.8 Å². The minimum absolute atomic E-state index is 0.262. The van der Waals surface area contributed by atoms with Crippen LogP contribution < -0.4 is 0 Å². The summed E-state index contributed by atoms with van der Waals surface area (Å²) in [5.74, 6) is -0.524. The number of nitrogens with zero attached hydrogens (tertiary/aromatic N) is 2. The molecule has 1 aliphatic rings. The van der Waals surface area contributed by atoms with Gasteiger partial charge < -0.3 is 14.9 Å². The number of fused-ring (bicyclic) bond motifs is 2. The van der Waals surface area contributed by atoms with Crippen LogP contribution in [0.5, 0.6) is 0 Å². The molecule has 5 rings (SSSR count). The van der Waals surface area contributed by atoms with Gasteiger partial charge in [-0.1, -0.05) is 36.4 Å². The highest BCUT2D eigenvalue weighted by Crippen LogP contribution is 2.37. The van der Waals surface area contributed by atoms with E-state index < -0.39 is 0 Å². The lowest BCUT2D eigenvalue weighted by Crippen LogP contribution is -2.37. The number of amides is 2. The maximum absolute atomic E-state index is 13.4. The Morgan fingerprint density at radius 3 is 1.67 bits per heavy atom. The van der Waals surface area contributed by atoms with E-state index in [4.69, 9.17) is 0 Å². The van der Waals surface area contributed by atoms with E-state index in [2.05, 4.69) is 9.97 Å². The molecule has 1 aliphatic heterocycles. The van der Waals surface area contributed by atoms with Crippen LogP contribution in [0.4, 0.5) is 0 Å². The average Bonchev–Trinajstić information content (AvgIpc) is 3.40. The molecule has 2 N–H and O–H groups in total. The maximum Gasteiger partial charge on any atom is 0.263 e. The minimum Gasteiger partial charge on any atom is -0.354 e. The summed E-state index contributed by atoms with van der Waals surface area (Å²) in [4.78, 5) is 36.8. The zero-order valence-corrected chi connectivity index (χ0v) is 16.9. The molecule has 2 aromatic carbocycles. The van der Waals surface area contributed by atoms with Gasteiger partial charge in [-0.15, -0.1) is 0 Å². The summed E-state index contributed by atoms with van der Waals surface area (Å²) in [5, 5.41) is 2.01. The van der Waals surface area contributed by atoms with Gasteiger partial charge in [-0.2, -0.15) is 0 Å². The van der Waals surface area contributed by atoms with Gasteiger partial charge in [0.15, 0.2) is 0 Å². The summed E-state index contributed by atoms with van der Waals surface area (Å²) in [5.41, 5.74) is 4.03. The van der Waals surface area contributed by atoms with Gasteiger partial charge in [0, 0.05) is 34.9 Å². The molecule has 0 radical (unpaired) electrons. The molecular weight excluding hydrogens is 376 g/mol. The van der Waals surface area contributed by atoms with Crippen molar-refractivity contribution < 1.29 is 9.59 Å². The summed E-state index contributed by atoms with van der Waals surface area (Å²) < 4.78 is 0. The Balaban J connectivity index is 1.69. The summed E-state index contributed by atoms with van der Waals surface area (Å²) in [6, 6.07) is 19.6. The van der Waals surface area contributed by atoms with Crippen molar-refractivity contribution >= 4 is 44.8 Å². The fraction of sp³-hybridized carbons (Fsp3) is 0.167. The van der Waals surface area contributed by atoms with Crippen molar-refractivity contribution in [3.8, 4) is 0 Å². The molecule has 0 bridgehead atoms. The average molecular weight is 398 g/mol. The number of hydrogen-bond acceptors (Lipinski definition) is 3. The normalized spacial score (nSPS) is 14.8. The fourth-order valence-electron chi connectivity index (χ4n) is 3.99. The van der Waals surface area contributed by atoms with Crippen LogP contribution in [0.3, 0.4) is 0 Å². The topological polar surface area (TPSA) is 72.2 Å². The lowest BCUT2D eigenvalue weighted by atomic mass is 10.0. The van der Waals surface area contributed by atoms with Gasteiger partial charge >= 0.3 is 0 Å². The SMILES string of the molecule is CN(C)CCN1C(=O)C(c2cc3ccccc3[nH]2)=C(c2cc3ccccc3[nH]2)C1=O. The van der Waals surface area contributed by atoms with E-state index in [9.17, 15) is 9.59 Å². The Morgan fingerprint density at radius 1 is 0.767 bits per heavy atom. The summed E-state index contributed by atoms with van der Waals surface area (Å²) in [7, 11) is 3.85. The zero-order chi connectivity index (χ0) is 20.8. The van der Waals surface area contributed by atoms with Gasteiger partial charge in [0.05, 0.1) is 22.5 Å². The van der Waals surface area contributed by atoms with Gasteiger partial charge in [0.1, 0.15) is 0 Å². The van der Waals surface area contributed by atoms with E-state index in [1.165, 1.54) is 4.90 Å². The molecule has 30 heavy (non-hydrogen) atoms. The van der Waals surface area contributed by atoms with Crippen LogP contribution >= 0.6 is 0 Å². The predicted octanol–water partition coefficient (Wildman–Crippen LogP) is 3.49. The third-order valence-electron chi connectivity index (χ3n) is 5.54. The number of benzene rings is 2. The number of nitrogens with one attached hydrogen (secondary N) is 2. The first-order valence-corrected chi connectivity index (χ1v) is 9.94. The van der Waals surface area contributed by atoms with Crippen LogP contribution in [-0.2, 0) is 9.59 Å². The summed E-state index contributed by atoms with van der Waals surface area (Å²) >= 11 is 0. The minimum atomic E-state index is -0.262. The molecule has 150 valence electrons. The van der Waals surface area contributed by atoms with Crippen LogP contribution in [0.15, 0.2) is 60.7 Å². The summed E-state index contributed by atoms with van der Waals surface area (Å²) in [6.07, 6.45) is 0. The fourth-order valence-corrected chi connectivity index (χ4v) is 3.99. The quantitative estimate of drug-likeness (QED) is 0.506. The van der Waals surface area contributed by atoms with Gasteiger partial charge in [0.2, 0.25) is 0 Å². The van der Waals surface area contributed by atoms with Crippen molar-refractivity contribution in [2.24, 2.45) is 0 Å². The molecule has 0 fully saturated rings. The second-order valence-corrected chi connectivity index (χ2v) is 7.86. The van der Waals surface area contributed by atoms with Crippen molar-refractivity contribution in [2.75, 3.05) is 27.2 Å². The third kappa shape index (κ3) is 2.93. The Labute approximate surface area is 173 Å². The smallest absolute Gasteiger partial charge is 0.263 e. The third-order valence-corrected chi connectivity index (χ3v) is 5.54. The lowest BCUT2D eigenvalue weighted by molar-refractivity contribution is -0.136. The molecule has 2 amide bonds. The first-order valence-electron chi connectivity index (χ1n) is 9.94. The largest absolute Gasteiger partial charge is 0.354 e. The molecule has 6 heteroatoms. The molecule has 3 heterocycles. The monoisotopic (exact) mass is 398 g/mol. The number of likely N-dealkylation sites (N-methyl/N-ethyl adjacent to an activating group) is 1. The zero-order valence-electron chi connectivity index (χ0n) is 16.9. The van der Waals surface area contributed by atoms with Crippen LogP contribution in [0, 0.1) is 0 Å². The first-order chi connectivity index (χ1) is 14.5. The van der Waals surface area contributed by atoms with Crippen molar-refractivity contribution in [2.45, 2.75) is 0 Å². The number of carbonyl (C=O) groups excluding carboxylic acids is 2. The number of rotatable bonds is 5.